The second-order valence-electron chi connectivity index (χ2n) is 4.75. The number of rotatable bonds is 5. The van der Waals surface area contributed by atoms with Crippen molar-refractivity contribution in [2.75, 3.05) is 7.05 Å². The monoisotopic (exact) mass is 346 g/mol. The molecule has 0 saturated heterocycles. The molecule has 0 radical (unpaired) electrons. The normalized spacial score (nSPS) is 12.7. The van der Waals surface area contributed by atoms with Gasteiger partial charge in [-0.1, -0.05) is 41.7 Å². The van der Waals surface area contributed by atoms with Gasteiger partial charge in [-0.05, 0) is 19.5 Å². The molecule has 1 N–H and O–H groups in total. The van der Waals surface area contributed by atoms with Gasteiger partial charge >= 0.3 is 0 Å². The van der Waals surface area contributed by atoms with Crippen LogP contribution >= 0.6 is 34.8 Å². The van der Waals surface area contributed by atoms with Crippen LogP contribution in [0.4, 0.5) is 0 Å². The fraction of sp³-hybridized carbons (Fsp3) is 0.429. The Bertz CT molecular complexity index is 639. The maximum absolute atomic E-state index is 6.40. The van der Waals surface area contributed by atoms with Crippen LogP contribution in [0.1, 0.15) is 30.0 Å². The Balaban J connectivity index is 2.33. The Hall–Kier alpha value is -0.810. The van der Waals surface area contributed by atoms with Crippen molar-refractivity contribution in [2.24, 2.45) is 7.05 Å². The Morgan fingerprint density at radius 2 is 2.05 bits per heavy atom. The molecule has 1 atom stereocenters. The van der Waals surface area contributed by atoms with Gasteiger partial charge in [0.2, 0.25) is 0 Å². The van der Waals surface area contributed by atoms with E-state index in [0.29, 0.717) is 21.5 Å². The highest BCUT2D eigenvalue weighted by atomic mass is 35.5. The minimum atomic E-state index is -0.0626. The van der Waals surface area contributed by atoms with E-state index in [4.69, 9.17) is 34.8 Å². The Labute approximate surface area is 139 Å². The van der Waals surface area contributed by atoms with Gasteiger partial charge in [-0.3, -0.25) is 9.67 Å². The van der Waals surface area contributed by atoms with E-state index in [9.17, 15) is 0 Å². The van der Waals surface area contributed by atoms with Crippen LogP contribution in [-0.4, -0.2) is 21.8 Å². The second kappa shape index (κ2) is 6.97. The van der Waals surface area contributed by atoms with E-state index in [1.54, 1.807) is 12.3 Å². The molecule has 0 spiro atoms. The van der Waals surface area contributed by atoms with E-state index in [2.05, 4.69) is 15.4 Å². The minimum absolute atomic E-state index is 0.0626. The standard InChI is InChI=1S/C14H17Cl3N4/c1-4-10-13(17)12(21(3)20-10)6-11(18-2)14-9(16)5-8(15)7-19-14/h5,7,11,18H,4,6H2,1-3H3. The van der Waals surface area contributed by atoms with Crippen LogP contribution in [-0.2, 0) is 19.9 Å². The lowest BCUT2D eigenvalue weighted by Crippen LogP contribution is -2.21. The quantitative estimate of drug-likeness (QED) is 0.893. The molecular weight excluding hydrogens is 331 g/mol. The van der Waals surface area contributed by atoms with Gasteiger partial charge in [0.25, 0.3) is 0 Å². The van der Waals surface area contributed by atoms with Crippen LogP contribution in [0.2, 0.25) is 15.1 Å². The van der Waals surface area contributed by atoms with Crippen molar-refractivity contribution < 1.29 is 0 Å². The van der Waals surface area contributed by atoms with E-state index in [0.717, 1.165) is 23.5 Å². The topological polar surface area (TPSA) is 42.7 Å². The number of aromatic nitrogens is 3. The van der Waals surface area contributed by atoms with Crippen LogP contribution in [0.15, 0.2) is 12.3 Å². The van der Waals surface area contributed by atoms with E-state index < -0.39 is 0 Å². The molecule has 7 heteroatoms. The third kappa shape index (κ3) is 3.51. The highest BCUT2D eigenvalue weighted by Gasteiger charge is 2.21. The SMILES string of the molecule is CCc1nn(C)c(CC(NC)c2ncc(Cl)cc2Cl)c1Cl. The Kier molecular flexibility index (Phi) is 5.49. The van der Waals surface area contributed by atoms with Gasteiger partial charge in [0.05, 0.1) is 38.2 Å². The first-order valence-corrected chi connectivity index (χ1v) is 7.79. The van der Waals surface area contributed by atoms with Crippen LogP contribution in [0.25, 0.3) is 0 Å². The smallest absolute Gasteiger partial charge is 0.0850 e. The molecule has 0 aliphatic heterocycles. The highest BCUT2D eigenvalue weighted by molar-refractivity contribution is 6.34. The molecule has 2 aromatic rings. The van der Waals surface area contributed by atoms with Crippen molar-refractivity contribution in [1.29, 1.82) is 0 Å². The number of hydrogen-bond donors (Lipinski definition) is 1. The molecular formula is C14H17Cl3N4. The summed E-state index contributed by atoms with van der Waals surface area (Å²) in [5, 5.41) is 9.42. The molecule has 114 valence electrons. The molecule has 0 bridgehead atoms. The summed E-state index contributed by atoms with van der Waals surface area (Å²) in [5.41, 5.74) is 2.61. The second-order valence-corrected chi connectivity index (χ2v) is 5.97. The minimum Gasteiger partial charge on any atom is -0.311 e. The third-order valence-corrected chi connectivity index (χ3v) is 4.36. The van der Waals surface area contributed by atoms with E-state index >= 15 is 0 Å². The third-order valence-electron chi connectivity index (χ3n) is 3.42. The van der Waals surface area contributed by atoms with Crippen LogP contribution < -0.4 is 5.32 Å². The number of likely N-dealkylation sites (N-methyl/N-ethyl adjacent to an activating group) is 1. The Morgan fingerprint density at radius 3 is 2.57 bits per heavy atom. The first-order valence-electron chi connectivity index (χ1n) is 6.66. The van der Waals surface area contributed by atoms with Crippen LogP contribution in [0.3, 0.4) is 0 Å². The van der Waals surface area contributed by atoms with Crippen molar-refractivity contribution >= 4 is 34.8 Å². The molecule has 2 aromatic heterocycles. The zero-order valence-corrected chi connectivity index (χ0v) is 14.4. The summed E-state index contributed by atoms with van der Waals surface area (Å²) in [6.07, 6.45) is 3.04. The Morgan fingerprint density at radius 1 is 1.33 bits per heavy atom. The van der Waals surface area contributed by atoms with Crippen molar-refractivity contribution in [3.63, 3.8) is 0 Å². The number of nitrogens with one attached hydrogen (secondary N) is 1. The van der Waals surface area contributed by atoms with Gasteiger partial charge in [0, 0.05) is 19.7 Å². The predicted molar refractivity (Wildman–Crippen MR) is 87.4 cm³/mol. The van der Waals surface area contributed by atoms with Gasteiger partial charge < -0.3 is 5.32 Å². The summed E-state index contributed by atoms with van der Waals surface area (Å²) >= 11 is 18.5. The predicted octanol–water partition coefficient (Wildman–Crippen LogP) is 3.84. The molecule has 0 aliphatic carbocycles. The van der Waals surface area contributed by atoms with Gasteiger partial charge in [0.15, 0.2) is 0 Å². The molecule has 1 unspecified atom stereocenters. The first-order chi connectivity index (χ1) is 9.97. The van der Waals surface area contributed by atoms with E-state index in [-0.39, 0.29) is 6.04 Å². The number of pyridine rings is 1. The number of nitrogens with zero attached hydrogens (tertiary/aromatic N) is 3. The lowest BCUT2D eigenvalue weighted by Gasteiger charge is -2.17. The summed E-state index contributed by atoms with van der Waals surface area (Å²) in [4.78, 5) is 4.33. The number of halogens is 3. The zero-order valence-electron chi connectivity index (χ0n) is 12.1. The van der Waals surface area contributed by atoms with Gasteiger partial charge in [0.1, 0.15) is 0 Å². The summed E-state index contributed by atoms with van der Waals surface area (Å²) < 4.78 is 1.81. The number of aryl methyl sites for hydroxylation is 2. The molecule has 0 amide bonds. The van der Waals surface area contributed by atoms with Crippen LogP contribution in [0.5, 0.6) is 0 Å². The van der Waals surface area contributed by atoms with Gasteiger partial charge in [-0.15, -0.1) is 0 Å². The average molecular weight is 348 g/mol. The van der Waals surface area contributed by atoms with E-state index in [1.807, 2.05) is 25.7 Å². The largest absolute Gasteiger partial charge is 0.311 e. The molecule has 0 aromatic carbocycles. The average Bonchev–Trinajstić information content (AvgIpc) is 2.72. The summed E-state index contributed by atoms with van der Waals surface area (Å²) in [5.74, 6) is 0. The van der Waals surface area contributed by atoms with Gasteiger partial charge in [-0.2, -0.15) is 5.10 Å². The molecule has 0 aliphatic rings. The molecule has 4 nitrogen and oxygen atoms in total. The van der Waals surface area contributed by atoms with Crippen molar-refractivity contribution in [3.8, 4) is 0 Å². The van der Waals surface area contributed by atoms with Crippen molar-refractivity contribution in [3.05, 3.63) is 44.4 Å². The summed E-state index contributed by atoms with van der Waals surface area (Å²) in [6.45, 7) is 2.03. The highest BCUT2D eigenvalue weighted by Crippen LogP contribution is 2.29. The maximum Gasteiger partial charge on any atom is 0.0850 e. The maximum atomic E-state index is 6.40. The lowest BCUT2D eigenvalue weighted by molar-refractivity contribution is 0.549. The van der Waals surface area contributed by atoms with E-state index in [1.165, 1.54) is 0 Å². The molecule has 0 fully saturated rings. The number of hydrogen-bond acceptors (Lipinski definition) is 3. The fourth-order valence-electron chi connectivity index (χ4n) is 2.25. The van der Waals surface area contributed by atoms with Crippen molar-refractivity contribution in [2.45, 2.75) is 25.8 Å². The van der Waals surface area contributed by atoms with Gasteiger partial charge in [-0.25, -0.2) is 0 Å². The fourth-order valence-corrected chi connectivity index (χ4v) is 3.13. The first kappa shape index (κ1) is 16.6. The molecule has 2 rings (SSSR count). The summed E-state index contributed by atoms with van der Waals surface area (Å²) in [6, 6.07) is 1.63. The van der Waals surface area contributed by atoms with Crippen LogP contribution in [0, 0.1) is 0 Å². The molecule has 0 saturated carbocycles. The lowest BCUT2D eigenvalue weighted by atomic mass is 10.1. The molecule has 21 heavy (non-hydrogen) atoms. The van der Waals surface area contributed by atoms with Crippen molar-refractivity contribution in [1.82, 2.24) is 20.1 Å². The summed E-state index contributed by atoms with van der Waals surface area (Å²) in [7, 11) is 3.76. The zero-order chi connectivity index (χ0) is 15.6. The molecule has 2 heterocycles.